The molecule has 102 valence electrons. The molecular weight excluding hydrogens is 243 g/mol. The van der Waals surface area contributed by atoms with Crippen molar-refractivity contribution < 1.29 is 4.39 Å². The van der Waals surface area contributed by atoms with Crippen molar-refractivity contribution in [2.24, 2.45) is 5.73 Å². The molecule has 0 spiro atoms. The number of aryl methyl sites for hydroxylation is 2. The molecule has 2 rings (SSSR count). The van der Waals surface area contributed by atoms with Crippen LogP contribution in [-0.2, 0) is 18.5 Å². The summed E-state index contributed by atoms with van der Waals surface area (Å²) < 4.78 is 15.4. The maximum atomic E-state index is 13.6. The van der Waals surface area contributed by atoms with Gasteiger partial charge < -0.3 is 5.73 Å². The number of hydrogen-bond donors (Lipinski definition) is 1. The van der Waals surface area contributed by atoms with Crippen LogP contribution in [0, 0.1) is 12.7 Å². The van der Waals surface area contributed by atoms with E-state index in [1.54, 1.807) is 17.7 Å². The lowest BCUT2D eigenvalue weighted by atomic mass is 9.89. The van der Waals surface area contributed by atoms with Crippen molar-refractivity contribution in [3.05, 3.63) is 47.3 Å². The second kappa shape index (κ2) is 5.09. The number of benzene rings is 1. The average molecular weight is 262 g/mol. The predicted octanol–water partition coefficient (Wildman–Crippen LogP) is 2.16. The Balaban J connectivity index is 2.29. The van der Waals surface area contributed by atoms with Gasteiger partial charge in [-0.2, -0.15) is 5.10 Å². The van der Waals surface area contributed by atoms with Gasteiger partial charge in [0.25, 0.3) is 0 Å². The van der Waals surface area contributed by atoms with E-state index < -0.39 is 5.54 Å². The number of nitrogens with zero attached hydrogens (tertiary/aromatic N) is 3. The van der Waals surface area contributed by atoms with Crippen LogP contribution in [0.5, 0.6) is 0 Å². The molecule has 5 heteroatoms. The zero-order valence-electron chi connectivity index (χ0n) is 11.5. The Morgan fingerprint density at radius 3 is 2.79 bits per heavy atom. The van der Waals surface area contributed by atoms with Gasteiger partial charge >= 0.3 is 0 Å². The molecule has 0 aliphatic carbocycles. The van der Waals surface area contributed by atoms with Crippen LogP contribution in [0.1, 0.15) is 30.8 Å². The third-order valence-corrected chi connectivity index (χ3v) is 3.35. The van der Waals surface area contributed by atoms with Crippen molar-refractivity contribution in [2.75, 3.05) is 0 Å². The van der Waals surface area contributed by atoms with E-state index in [9.17, 15) is 4.39 Å². The van der Waals surface area contributed by atoms with Crippen LogP contribution < -0.4 is 5.73 Å². The molecule has 1 unspecified atom stereocenters. The van der Waals surface area contributed by atoms with E-state index in [-0.39, 0.29) is 5.82 Å². The fraction of sp³-hybridized carbons (Fsp3) is 0.429. The first-order chi connectivity index (χ1) is 8.94. The van der Waals surface area contributed by atoms with Gasteiger partial charge in [0.15, 0.2) is 0 Å². The lowest BCUT2D eigenvalue weighted by Crippen LogP contribution is -2.36. The largest absolute Gasteiger partial charge is 0.321 e. The molecule has 2 N–H and O–H groups in total. The van der Waals surface area contributed by atoms with Crippen LogP contribution >= 0.6 is 0 Å². The monoisotopic (exact) mass is 262 g/mol. The minimum Gasteiger partial charge on any atom is -0.321 e. The predicted molar refractivity (Wildman–Crippen MR) is 72.1 cm³/mol. The second-order valence-corrected chi connectivity index (χ2v) is 5.05. The highest BCUT2D eigenvalue weighted by Crippen LogP contribution is 2.23. The highest BCUT2D eigenvalue weighted by molar-refractivity contribution is 5.29. The summed E-state index contributed by atoms with van der Waals surface area (Å²) in [4.78, 5) is 4.22. The summed E-state index contributed by atoms with van der Waals surface area (Å²) in [6.45, 7) is 6.36. The highest BCUT2D eigenvalue weighted by Gasteiger charge is 2.25. The molecule has 0 saturated carbocycles. The zero-order chi connectivity index (χ0) is 14.0. The Bertz CT molecular complexity index is 575. The average Bonchev–Trinajstić information content (AvgIpc) is 2.79. The number of hydrogen-bond acceptors (Lipinski definition) is 3. The summed E-state index contributed by atoms with van der Waals surface area (Å²) in [5.74, 6) is 0.583. The van der Waals surface area contributed by atoms with E-state index in [1.807, 2.05) is 19.9 Å². The van der Waals surface area contributed by atoms with Crippen LogP contribution in [0.15, 0.2) is 24.5 Å². The van der Waals surface area contributed by atoms with Crippen molar-refractivity contribution in [1.29, 1.82) is 0 Å². The van der Waals surface area contributed by atoms with E-state index in [0.29, 0.717) is 12.0 Å². The SMILES string of the molecule is CCn1ncnc1CC(C)(N)c1ccc(C)c(F)c1. The molecule has 0 bridgehead atoms. The minimum atomic E-state index is -0.672. The summed E-state index contributed by atoms with van der Waals surface area (Å²) in [6, 6.07) is 5.12. The van der Waals surface area contributed by atoms with Gasteiger partial charge in [-0.25, -0.2) is 9.37 Å². The van der Waals surface area contributed by atoms with Gasteiger partial charge in [0, 0.05) is 18.5 Å². The van der Waals surface area contributed by atoms with Gasteiger partial charge in [0.1, 0.15) is 18.0 Å². The molecule has 4 nitrogen and oxygen atoms in total. The molecule has 0 fully saturated rings. The van der Waals surface area contributed by atoms with Gasteiger partial charge in [0.05, 0.1) is 0 Å². The lowest BCUT2D eigenvalue weighted by molar-refractivity contribution is 0.453. The van der Waals surface area contributed by atoms with Gasteiger partial charge in [-0.15, -0.1) is 0 Å². The molecule has 0 aliphatic rings. The Hall–Kier alpha value is -1.75. The summed E-state index contributed by atoms with van der Waals surface area (Å²) in [5.41, 5.74) is 7.04. The third kappa shape index (κ3) is 2.81. The van der Waals surface area contributed by atoms with Crippen molar-refractivity contribution in [3.8, 4) is 0 Å². The van der Waals surface area contributed by atoms with E-state index in [0.717, 1.165) is 17.9 Å². The zero-order valence-corrected chi connectivity index (χ0v) is 11.5. The molecule has 0 radical (unpaired) electrons. The number of rotatable bonds is 4. The Morgan fingerprint density at radius 1 is 1.42 bits per heavy atom. The summed E-state index contributed by atoms with van der Waals surface area (Å²) >= 11 is 0. The van der Waals surface area contributed by atoms with Crippen molar-refractivity contribution >= 4 is 0 Å². The fourth-order valence-corrected chi connectivity index (χ4v) is 2.07. The molecule has 0 aliphatic heterocycles. The van der Waals surface area contributed by atoms with E-state index in [2.05, 4.69) is 10.1 Å². The maximum absolute atomic E-state index is 13.6. The first kappa shape index (κ1) is 13.7. The van der Waals surface area contributed by atoms with Crippen LogP contribution in [-0.4, -0.2) is 14.8 Å². The van der Waals surface area contributed by atoms with Crippen LogP contribution in [0.25, 0.3) is 0 Å². The first-order valence-corrected chi connectivity index (χ1v) is 6.36. The van der Waals surface area contributed by atoms with Gasteiger partial charge in [-0.3, -0.25) is 4.68 Å². The van der Waals surface area contributed by atoms with Crippen LogP contribution in [0.4, 0.5) is 4.39 Å². The number of halogens is 1. The number of aromatic nitrogens is 3. The molecule has 1 aromatic heterocycles. The quantitative estimate of drug-likeness (QED) is 0.918. The molecular formula is C14H19FN4. The van der Waals surface area contributed by atoms with E-state index in [4.69, 9.17) is 5.73 Å². The Kier molecular flexibility index (Phi) is 3.66. The van der Waals surface area contributed by atoms with E-state index >= 15 is 0 Å². The summed E-state index contributed by atoms with van der Waals surface area (Å²) in [6.07, 6.45) is 2.04. The normalized spacial score (nSPS) is 14.4. The summed E-state index contributed by atoms with van der Waals surface area (Å²) in [5, 5.41) is 4.12. The molecule has 1 aromatic carbocycles. The topological polar surface area (TPSA) is 56.7 Å². The van der Waals surface area contributed by atoms with Crippen LogP contribution in [0.3, 0.4) is 0 Å². The van der Waals surface area contributed by atoms with Gasteiger partial charge in [-0.05, 0) is 38.0 Å². The molecule has 2 aromatic rings. The highest BCUT2D eigenvalue weighted by atomic mass is 19.1. The standard InChI is InChI=1S/C14H19FN4/c1-4-19-13(17-9-18-19)8-14(3,16)11-6-5-10(2)12(15)7-11/h5-7,9H,4,8,16H2,1-3H3. The molecule has 0 amide bonds. The van der Waals surface area contributed by atoms with Crippen molar-refractivity contribution in [2.45, 2.75) is 39.3 Å². The molecule has 19 heavy (non-hydrogen) atoms. The van der Waals surface area contributed by atoms with Crippen molar-refractivity contribution in [3.63, 3.8) is 0 Å². The van der Waals surface area contributed by atoms with E-state index in [1.165, 1.54) is 12.4 Å². The molecule has 0 saturated heterocycles. The first-order valence-electron chi connectivity index (χ1n) is 6.36. The Morgan fingerprint density at radius 2 is 2.16 bits per heavy atom. The number of nitrogens with two attached hydrogens (primary N) is 1. The maximum Gasteiger partial charge on any atom is 0.138 e. The fourth-order valence-electron chi connectivity index (χ4n) is 2.07. The summed E-state index contributed by atoms with van der Waals surface area (Å²) in [7, 11) is 0. The third-order valence-electron chi connectivity index (χ3n) is 3.35. The lowest BCUT2D eigenvalue weighted by Gasteiger charge is -2.25. The van der Waals surface area contributed by atoms with Crippen molar-refractivity contribution in [1.82, 2.24) is 14.8 Å². The molecule has 1 heterocycles. The minimum absolute atomic E-state index is 0.230. The van der Waals surface area contributed by atoms with Crippen LogP contribution in [0.2, 0.25) is 0 Å². The molecule has 1 atom stereocenters. The smallest absolute Gasteiger partial charge is 0.138 e. The van der Waals surface area contributed by atoms with Gasteiger partial charge in [0.2, 0.25) is 0 Å². The second-order valence-electron chi connectivity index (χ2n) is 5.05. The Labute approximate surface area is 112 Å². The van der Waals surface area contributed by atoms with Gasteiger partial charge in [-0.1, -0.05) is 12.1 Å².